The van der Waals surface area contributed by atoms with E-state index in [0.717, 1.165) is 6.42 Å². The second-order valence-electron chi connectivity index (χ2n) is 4.06. The van der Waals surface area contributed by atoms with Gasteiger partial charge in [-0.15, -0.1) is 0 Å². The summed E-state index contributed by atoms with van der Waals surface area (Å²) < 4.78 is 39.4. The summed E-state index contributed by atoms with van der Waals surface area (Å²) in [4.78, 5) is 0. The zero-order chi connectivity index (χ0) is 12.9. The molecule has 1 N–H and O–H groups in total. The van der Waals surface area contributed by atoms with E-state index >= 15 is 0 Å². The van der Waals surface area contributed by atoms with E-state index in [-0.39, 0.29) is 6.42 Å². The van der Waals surface area contributed by atoms with E-state index in [9.17, 15) is 13.2 Å². The van der Waals surface area contributed by atoms with Gasteiger partial charge in [-0.2, -0.15) is 0 Å². The first-order chi connectivity index (χ1) is 8.06. The molecule has 17 heavy (non-hydrogen) atoms. The van der Waals surface area contributed by atoms with Crippen molar-refractivity contribution < 1.29 is 13.2 Å². The molecule has 0 aliphatic rings. The van der Waals surface area contributed by atoms with E-state index in [1.54, 1.807) is 6.92 Å². The summed E-state index contributed by atoms with van der Waals surface area (Å²) in [5.74, 6) is -0.413. The minimum atomic E-state index is -2.52. The molecule has 1 nitrogen and oxygen atoms in total. The third-order valence-corrected chi connectivity index (χ3v) is 2.98. The fourth-order valence-corrected chi connectivity index (χ4v) is 1.88. The number of alkyl halides is 2. The van der Waals surface area contributed by atoms with E-state index in [1.165, 1.54) is 24.3 Å². The molecule has 0 radical (unpaired) electrons. The van der Waals surface area contributed by atoms with Crippen molar-refractivity contribution in [2.24, 2.45) is 0 Å². The summed E-state index contributed by atoms with van der Waals surface area (Å²) in [6, 6.07) is 5.28. The Hall–Kier alpha value is -1.03. The SMILES string of the molecule is CCCNC(CC)(c1ccc(F)cc1)C(F)F. The Balaban J connectivity index is 3.07. The highest BCUT2D eigenvalue weighted by atomic mass is 19.3. The third-order valence-electron chi connectivity index (χ3n) is 2.98. The smallest absolute Gasteiger partial charge is 0.260 e. The molecule has 96 valence electrons. The molecular formula is C13H18F3N. The summed E-state index contributed by atoms with van der Waals surface area (Å²) in [5.41, 5.74) is -0.936. The van der Waals surface area contributed by atoms with E-state index < -0.39 is 17.8 Å². The van der Waals surface area contributed by atoms with Gasteiger partial charge < -0.3 is 5.32 Å². The number of nitrogens with one attached hydrogen (secondary N) is 1. The maximum atomic E-state index is 13.3. The van der Waals surface area contributed by atoms with Gasteiger partial charge in [-0.3, -0.25) is 0 Å². The van der Waals surface area contributed by atoms with Crippen LogP contribution in [0.2, 0.25) is 0 Å². The van der Waals surface area contributed by atoms with Gasteiger partial charge in [-0.25, -0.2) is 13.2 Å². The second kappa shape index (κ2) is 6.05. The number of hydrogen-bond acceptors (Lipinski definition) is 1. The van der Waals surface area contributed by atoms with Crippen LogP contribution in [-0.4, -0.2) is 13.0 Å². The van der Waals surface area contributed by atoms with Crippen molar-refractivity contribution in [3.8, 4) is 0 Å². The van der Waals surface area contributed by atoms with Crippen molar-refractivity contribution in [1.29, 1.82) is 0 Å². The first-order valence-electron chi connectivity index (χ1n) is 5.86. The Bertz CT molecular complexity index is 337. The van der Waals surface area contributed by atoms with Gasteiger partial charge in [0.05, 0.1) is 0 Å². The van der Waals surface area contributed by atoms with Gasteiger partial charge in [0.25, 0.3) is 6.43 Å². The fourth-order valence-electron chi connectivity index (χ4n) is 1.88. The minimum Gasteiger partial charge on any atom is -0.303 e. The number of halogens is 3. The summed E-state index contributed by atoms with van der Waals surface area (Å²) in [6.07, 6.45) is -1.49. The average molecular weight is 245 g/mol. The maximum absolute atomic E-state index is 13.3. The molecule has 1 unspecified atom stereocenters. The van der Waals surface area contributed by atoms with Crippen LogP contribution in [0.3, 0.4) is 0 Å². The summed E-state index contributed by atoms with van der Waals surface area (Å²) >= 11 is 0. The normalized spacial score (nSPS) is 14.9. The molecule has 1 rings (SSSR count). The summed E-state index contributed by atoms with van der Waals surface area (Å²) in [5, 5.41) is 2.90. The summed E-state index contributed by atoms with van der Waals surface area (Å²) in [7, 11) is 0. The quantitative estimate of drug-likeness (QED) is 0.805. The standard InChI is InChI=1S/C13H18F3N/c1-3-9-17-13(4-2,12(15)16)10-5-7-11(14)8-6-10/h5-8,12,17H,3-4,9H2,1-2H3. The lowest BCUT2D eigenvalue weighted by molar-refractivity contribution is 0.0244. The van der Waals surface area contributed by atoms with Crippen molar-refractivity contribution in [3.63, 3.8) is 0 Å². The average Bonchev–Trinajstić information content (AvgIpc) is 2.32. The van der Waals surface area contributed by atoms with Gasteiger partial charge in [0, 0.05) is 0 Å². The van der Waals surface area contributed by atoms with Crippen molar-refractivity contribution in [3.05, 3.63) is 35.6 Å². The van der Waals surface area contributed by atoms with Crippen LogP contribution in [0, 0.1) is 5.82 Å². The molecule has 0 aliphatic carbocycles. The monoisotopic (exact) mass is 245 g/mol. The first kappa shape index (κ1) is 14.0. The van der Waals surface area contributed by atoms with Crippen LogP contribution in [-0.2, 0) is 5.54 Å². The van der Waals surface area contributed by atoms with Crippen LogP contribution in [0.15, 0.2) is 24.3 Å². The lowest BCUT2D eigenvalue weighted by Crippen LogP contribution is -2.48. The molecule has 0 aliphatic heterocycles. The van der Waals surface area contributed by atoms with Gasteiger partial charge in [0.2, 0.25) is 0 Å². The van der Waals surface area contributed by atoms with E-state index in [0.29, 0.717) is 12.1 Å². The van der Waals surface area contributed by atoms with Crippen LogP contribution in [0.5, 0.6) is 0 Å². The zero-order valence-corrected chi connectivity index (χ0v) is 10.1. The Morgan fingerprint density at radius 2 is 1.76 bits per heavy atom. The topological polar surface area (TPSA) is 12.0 Å². The molecule has 0 saturated heterocycles. The van der Waals surface area contributed by atoms with Crippen LogP contribution < -0.4 is 5.32 Å². The van der Waals surface area contributed by atoms with Crippen LogP contribution in [0.4, 0.5) is 13.2 Å². The van der Waals surface area contributed by atoms with Crippen molar-refractivity contribution in [2.75, 3.05) is 6.54 Å². The Labute approximate surface area is 100 Å². The molecule has 0 fully saturated rings. The van der Waals surface area contributed by atoms with Crippen molar-refractivity contribution in [2.45, 2.75) is 38.7 Å². The first-order valence-corrected chi connectivity index (χ1v) is 5.86. The van der Waals surface area contributed by atoms with Gasteiger partial charge in [0.1, 0.15) is 11.4 Å². The minimum absolute atomic E-state index is 0.260. The van der Waals surface area contributed by atoms with Gasteiger partial charge in [-0.05, 0) is 37.1 Å². The predicted octanol–water partition coefficient (Wildman–Crippen LogP) is 3.70. The lowest BCUT2D eigenvalue weighted by Gasteiger charge is -2.33. The lowest BCUT2D eigenvalue weighted by atomic mass is 9.87. The number of hydrogen-bond donors (Lipinski definition) is 1. The molecule has 0 saturated carbocycles. The third kappa shape index (κ3) is 3.00. The summed E-state index contributed by atoms with van der Waals surface area (Å²) in [6.45, 7) is 4.14. The van der Waals surface area contributed by atoms with Gasteiger partial charge >= 0.3 is 0 Å². The molecule has 1 aromatic rings. The molecule has 1 aromatic carbocycles. The molecule has 4 heteroatoms. The Kier molecular flexibility index (Phi) is 5.00. The molecule has 0 bridgehead atoms. The highest BCUT2D eigenvalue weighted by Gasteiger charge is 2.39. The van der Waals surface area contributed by atoms with E-state index in [4.69, 9.17) is 0 Å². The highest BCUT2D eigenvalue weighted by molar-refractivity contribution is 5.26. The van der Waals surface area contributed by atoms with Crippen LogP contribution in [0.25, 0.3) is 0 Å². The Morgan fingerprint density at radius 1 is 1.18 bits per heavy atom. The van der Waals surface area contributed by atoms with Gasteiger partial charge in [0.15, 0.2) is 0 Å². The number of rotatable bonds is 6. The number of benzene rings is 1. The molecule has 0 amide bonds. The predicted molar refractivity (Wildman–Crippen MR) is 62.7 cm³/mol. The van der Waals surface area contributed by atoms with Crippen molar-refractivity contribution >= 4 is 0 Å². The molecular weight excluding hydrogens is 227 g/mol. The van der Waals surface area contributed by atoms with Crippen LogP contribution in [0.1, 0.15) is 32.3 Å². The van der Waals surface area contributed by atoms with Crippen LogP contribution >= 0.6 is 0 Å². The maximum Gasteiger partial charge on any atom is 0.260 e. The molecule has 0 aromatic heterocycles. The molecule has 1 atom stereocenters. The molecule has 0 heterocycles. The van der Waals surface area contributed by atoms with E-state index in [2.05, 4.69) is 5.32 Å². The largest absolute Gasteiger partial charge is 0.303 e. The fraction of sp³-hybridized carbons (Fsp3) is 0.538. The second-order valence-corrected chi connectivity index (χ2v) is 4.06. The zero-order valence-electron chi connectivity index (χ0n) is 10.1. The Morgan fingerprint density at radius 3 is 2.18 bits per heavy atom. The van der Waals surface area contributed by atoms with Gasteiger partial charge in [-0.1, -0.05) is 26.0 Å². The van der Waals surface area contributed by atoms with Crippen molar-refractivity contribution in [1.82, 2.24) is 5.32 Å². The highest BCUT2D eigenvalue weighted by Crippen LogP contribution is 2.32. The van der Waals surface area contributed by atoms with E-state index in [1.807, 2.05) is 6.92 Å². The molecule has 0 spiro atoms.